The molecule has 0 unspecified atom stereocenters. The number of halogens is 3. The number of aromatic nitrogens is 1. The third-order valence-corrected chi connectivity index (χ3v) is 1.49. The van der Waals surface area contributed by atoms with Crippen LogP contribution in [0.3, 0.4) is 0 Å². The van der Waals surface area contributed by atoms with Gasteiger partial charge in [-0.15, -0.1) is 0 Å². The number of hydrogen-bond donors (Lipinski definition) is 0. The van der Waals surface area contributed by atoms with E-state index < -0.39 is 28.2 Å². The first-order valence-corrected chi connectivity index (χ1v) is 3.54. The van der Waals surface area contributed by atoms with Gasteiger partial charge in [0.05, 0.1) is 5.56 Å². The van der Waals surface area contributed by atoms with Crippen molar-refractivity contribution in [2.45, 2.75) is 6.18 Å². The van der Waals surface area contributed by atoms with Crippen LogP contribution in [0.2, 0.25) is 0 Å². The Labute approximate surface area is 80.7 Å². The number of nitro groups is 1. The van der Waals surface area contributed by atoms with Gasteiger partial charge in [0.15, 0.2) is 6.29 Å². The number of carbonyl (C=O) groups excluding carboxylic acids is 1. The van der Waals surface area contributed by atoms with E-state index in [0.29, 0.717) is 6.07 Å². The van der Waals surface area contributed by atoms with E-state index in [1.54, 1.807) is 0 Å². The number of nitrogens with zero attached hydrogens (tertiary/aromatic N) is 2. The molecule has 0 aromatic carbocycles. The van der Waals surface area contributed by atoms with Crippen LogP contribution in [0.1, 0.15) is 16.1 Å². The molecule has 1 heterocycles. The summed E-state index contributed by atoms with van der Waals surface area (Å²) >= 11 is 0. The lowest BCUT2D eigenvalue weighted by Crippen LogP contribution is -2.12. The largest absolute Gasteiger partial charge is 0.458 e. The summed E-state index contributed by atoms with van der Waals surface area (Å²) in [4.78, 5) is 22.1. The first-order valence-electron chi connectivity index (χ1n) is 3.54. The molecule has 0 spiro atoms. The number of rotatable bonds is 2. The molecule has 1 aromatic heterocycles. The highest BCUT2D eigenvalue weighted by Gasteiger charge is 2.40. The van der Waals surface area contributed by atoms with Gasteiger partial charge in [-0.1, -0.05) is 0 Å². The smallest absolute Gasteiger partial charge is 0.358 e. The summed E-state index contributed by atoms with van der Waals surface area (Å²) in [5.41, 5.74) is -2.28. The molecule has 1 aromatic rings. The molecule has 8 heteroatoms. The van der Waals surface area contributed by atoms with Gasteiger partial charge in [0, 0.05) is 6.07 Å². The monoisotopic (exact) mass is 220 g/mol. The highest BCUT2D eigenvalue weighted by Crippen LogP contribution is 2.30. The van der Waals surface area contributed by atoms with Crippen LogP contribution >= 0.6 is 0 Å². The second-order valence-electron chi connectivity index (χ2n) is 2.48. The van der Waals surface area contributed by atoms with E-state index in [-0.39, 0.29) is 6.29 Å². The molecular formula is C7H3F3N2O3. The Kier molecular flexibility index (Phi) is 2.69. The molecule has 0 radical (unpaired) electrons. The van der Waals surface area contributed by atoms with Gasteiger partial charge in [0.2, 0.25) is 0 Å². The van der Waals surface area contributed by atoms with Crippen molar-refractivity contribution in [2.75, 3.05) is 0 Å². The third kappa shape index (κ3) is 2.27. The average molecular weight is 220 g/mol. The standard InChI is InChI=1S/C7H3F3N2O3/c8-7(9,10)6-4(3-13)1-2-5(11-6)12(14)15/h1-3H. The Bertz CT molecular complexity index is 416. The van der Waals surface area contributed by atoms with Gasteiger partial charge >= 0.3 is 12.0 Å². The molecule has 80 valence electrons. The minimum atomic E-state index is -4.89. The van der Waals surface area contributed by atoms with Crippen molar-refractivity contribution in [2.24, 2.45) is 0 Å². The SMILES string of the molecule is O=Cc1ccc([N+](=O)[O-])nc1C(F)(F)F. The molecule has 0 aliphatic carbocycles. The average Bonchev–Trinajstić information content (AvgIpc) is 2.15. The lowest BCUT2D eigenvalue weighted by molar-refractivity contribution is -0.390. The molecule has 0 aliphatic heterocycles. The summed E-state index contributed by atoms with van der Waals surface area (Å²) in [6.07, 6.45) is -4.94. The molecule has 0 bridgehead atoms. The van der Waals surface area contributed by atoms with E-state index in [2.05, 4.69) is 4.98 Å². The van der Waals surface area contributed by atoms with Crippen molar-refractivity contribution in [3.05, 3.63) is 33.5 Å². The van der Waals surface area contributed by atoms with Gasteiger partial charge in [-0.25, -0.2) is 0 Å². The highest BCUT2D eigenvalue weighted by molar-refractivity contribution is 5.77. The quantitative estimate of drug-likeness (QED) is 0.433. The summed E-state index contributed by atoms with van der Waals surface area (Å²) in [5, 5.41) is 10.2. The van der Waals surface area contributed by atoms with Gasteiger partial charge in [0.25, 0.3) is 5.69 Å². The Balaban J connectivity index is 3.38. The van der Waals surface area contributed by atoms with Gasteiger partial charge in [-0.3, -0.25) is 4.79 Å². The van der Waals surface area contributed by atoms with Crippen LogP contribution in [-0.2, 0) is 6.18 Å². The summed E-state index contributed by atoms with van der Waals surface area (Å²) < 4.78 is 36.7. The van der Waals surface area contributed by atoms with Crippen LogP contribution in [0.25, 0.3) is 0 Å². The Morgan fingerprint density at radius 2 is 2.00 bits per heavy atom. The minimum Gasteiger partial charge on any atom is -0.358 e. The van der Waals surface area contributed by atoms with Crippen molar-refractivity contribution < 1.29 is 22.9 Å². The number of hydrogen-bond acceptors (Lipinski definition) is 4. The van der Waals surface area contributed by atoms with Crippen LogP contribution in [0.15, 0.2) is 12.1 Å². The summed E-state index contributed by atoms with van der Waals surface area (Å²) in [7, 11) is 0. The fraction of sp³-hybridized carbons (Fsp3) is 0.143. The summed E-state index contributed by atoms with van der Waals surface area (Å²) in [5.74, 6) is -0.951. The van der Waals surface area contributed by atoms with Gasteiger partial charge in [-0.05, 0) is 16.0 Å². The lowest BCUT2D eigenvalue weighted by atomic mass is 10.2. The van der Waals surface area contributed by atoms with E-state index in [4.69, 9.17) is 0 Å². The van der Waals surface area contributed by atoms with E-state index in [1.165, 1.54) is 0 Å². The Morgan fingerprint density at radius 1 is 1.40 bits per heavy atom. The predicted octanol–water partition coefficient (Wildman–Crippen LogP) is 1.82. The lowest BCUT2D eigenvalue weighted by Gasteiger charge is -2.03. The maximum Gasteiger partial charge on any atom is 0.458 e. The Morgan fingerprint density at radius 3 is 2.40 bits per heavy atom. The predicted molar refractivity (Wildman–Crippen MR) is 41.3 cm³/mol. The molecule has 15 heavy (non-hydrogen) atoms. The van der Waals surface area contributed by atoms with Crippen LogP contribution < -0.4 is 0 Å². The van der Waals surface area contributed by atoms with E-state index >= 15 is 0 Å². The molecular weight excluding hydrogens is 217 g/mol. The molecule has 0 aliphatic rings. The third-order valence-electron chi connectivity index (χ3n) is 1.49. The van der Waals surface area contributed by atoms with E-state index in [0.717, 1.165) is 6.07 Å². The maximum absolute atomic E-state index is 12.2. The summed E-state index contributed by atoms with van der Waals surface area (Å²) in [6.45, 7) is 0. The van der Waals surface area contributed by atoms with Gasteiger partial charge < -0.3 is 10.1 Å². The van der Waals surface area contributed by atoms with Gasteiger partial charge in [-0.2, -0.15) is 13.2 Å². The van der Waals surface area contributed by atoms with Crippen molar-refractivity contribution in [3.8, 4) is 0 Å². The van der Waals surface area contributed by atoms with Crippen molar-refractivity contribution in [1.29, 1.82) is 0 Å². The number of aldehydes is 1. The van der Waals surface area contributed by atoms with Crippen LogP contribution in [0.4, 0.5) is 19.0 Å². The zero-order chi connectivity index (χ0) is 11.6. The molecule has 0 atom stereocenters. The summed E-state index contributed by atoms with van der Waals surface area (Å²) in [6, 6.07) is 1.44. The van der Waals surface area contributed by atoms with Crippen molar-refractivity contribution in [1.82, 2.24) is 4.98 Å². The second kappa shape index (κ2) is 3.64. The number of carbonyl (C=O) groups is 1. The first kappa shape index (κ1) is 11.1. The fourth-order valence-electron chi connectivity index (χ4n) is 0.883. The van der Waals surface area contributed by atoms with Crippen LogP contribution in [0.5, 0.6) is 0 Å². The molecule has 5 nitrogen and oxygen atoms in total. The maximum atomic E-state index is 12.2. The van der Waals surface area contributed by atoms with Crippen LogP contribution in [0, 0.1) is 10.1 Å². The Hall–Kier alpha value is -1.99. The zero-order valence-electron chi connectivity index (χ0n) is 6.99. The van der Waals surface area contributed by atoms with E-state index in [9.17, 15) is 28.1 Å². The van der Waals surface area contributed by atoms with Crippen molar-refractivity contribution in [3.63, 3.8) is 0 Å². The van der Waals surface area contributed by atoms with Crippen LogP contribution in [-0.4, -0.2) is 16.2 Å². The molecule has 1 rings (SSSR count). The van der Waals surface area contributed by atoms with Crippen molar-refractivity contribution >= 4 is 12.1 Å². The molecule has 0 N–H and O–H groups in total. The molecule has 0 amide bonds. The first-order chi connectivity index (χ1) is 6.86. The van der Waals surface area contributed by atoms with E-state index in [1.807, 2.05) is 0 Å². The normalized spacial score (nSPS) is 11.1. The topological polar surface area (TPSA) is 73.1 Å². The number of pyridine rings is 1. The number of alkyl halides is 3. The molecule has 0 saturated heterocycles. The second-order valence-corrected chi connectivity index (χ2v) is 2.48. The van der Waals surface area contributed by atoms with Gasteiger partial charge in [0.1, 0.15) is 0 Å². The minimum absolute atomic E-state index is 0.0560. The highest BCUT2D eigenvalue weighted by atomic mass is 19.4. The molecule has 0 fully saturated rings. The molecule has 0 saturated carbocycles. The zero-order valence-corrected chi connectivity index (χ0v) is 6.99. The fourth-order valence-corrected chi connectivity index (χ4v) is 0.883.